The van der Waals surface area contributed by atoms with Crippen LogP contribution in [0.25, 0.3) is 26.9 Å². The van der Waals surface area contributed by atoms with E-state index in [-0.39, 0.29) is 26.7 Å². The third kappa shape index (κ3) is 3.26. The van der Waals surface area contributed by atoms with Crippen LogP contribution in [0.15, 0.2) is 72.4 Å². The third-order valence-electron chi connectivity index (χ3n) is 6.11. The molecule has 36 heavy (non-hydrogen) atoms. The van der Waals surface area contributed by atoms with Gasteiger partial charge in [0, 0.05) is 28.7 Å². The first-order valence-corrected chi connectivity index (χ1v) is 11.6. The Balaban J connectivity index is 1.60. The maximum absolute atomic E-state index is 14.4. The molecule has 10 heteroatoms. The number of benzene rings is 3. The standard InChI is InChI=1S/C26H15F2N3O4S/c27-13-9-17(28)21-19(10-13)36-26(30-21)31-22(12-5-7-14(32)8-6-12)20(24(34)25(31)35)23(33)16-11-29-18-4-2-1-3-15(16)18/h1-11,22,29,32-33H/b23-20+. The number of aromatic hydroxyl groups is 1. The van der Waals surface area contributed by atoms with Gasteiger partial charge in [0.2, 0.25) is 0 Å². The van der Waals surface area contributed by atoms with Crippen molar-refractivity contribution in [1.82, 2.24) is 9.97 Å². The van der Waals surface area contributed by atoms with Gasteiger partial charge in [-0.2, -0.15) is 0 Å². The van der Waals surface area contributed by atoms with Crippen molar-refractivity contribution in [1.29, 1.82) is 0 Å². The molecule has 178 valence electrons. The average Bonchev–Trinajstić information content (AvgIpc) is 3.54. The van der Waals surface area contributed by atoms with Crippen LogP contribution < -0.4 is 4.90 Å². The molecule has 2 aromatic heterocycles. The number of aliphatic hydroxyl groups excluding tert-OH is 1. The molecule has 1 saturated heterocycles. The number of ketones is 1. The molecular weight excluding hydrogens is 488 g/mol. The number of thiazole rings is 1. The highest BCUT2D eigenvalue weighted by molar-refractivity contribution is 7.22. The zero-order valence-corrected chi connectivity index (χ0v) is 19.0. The Kier molecular flexibility index (Phi) is 4.87. The summed E-state index contributed by atoms with van der Waals surface area (Å²) in [4.78, 5) is 34.9. The zero-order valence-electron chi connectivity index (χ0n) is 18.2. The van der Waals surface area contributed by atoms with Crippen molar-refractivity contribution in [2.75, 3.05) is 4.90 Å². The fourth-order valence-corrected chi connectivity index (χ4v) is 5.49. The Morgan fingerprint density at radius 1 is 1.06 bits per heavy atom. The fourth-order valence-electron chi connectivity index (χ4n) is 4.46. The molecule has 6 rings (SSSR count). The third-order valence-corrected chi connectivity index (χ3v) is 7.11. The molecule has 1 amide bonds. The Hall–Kier alpha value is -4.57. The van der Waals surface area contributed by atoms with Crippen molar-refractivity contribution in [3.8, 4) is 5.75 Å². The highest BCUT2D eigenvalue weighted by Gasteiger charge is 2.48. The Morgan fingerprint density at radius 3 is 2.58 bits per heavy atom. The second-order valence-corrected chi connectivity index (χ2v) is 9.25. The number of phenolic OH excluding ortho intramolecular Hbond substituents is 1. The monoisotopic (exact) mass is 503 g/mol. The Bertz CT molecular complexity index is 1740. The number of aromatic nitrogens is 2. The SMILES string of the molecule is O=C1C(=O)N(c2nc3c(F)cc(F)cc3s2)C(c2ccc(O)cc2)/C1=C(\O)c1c[nH]c2ccccc12. The molecule has 1 unspecified atom stereocenters. The topological polar surface area (TPSA) is 107 Å². The number of amides is 1. The number of para-hydroxylation sites is 1. The number of nitrogens with one attached hydrogen (secondary N) is 1. The minimum atomic E-state index is -1.13. The summed E-state index contributed by atoms with van der Waals surface area (Å²) in [6.07, 6.45) is 1.54. The van der Waals surface area contributed by atoms with Crippen molar-refractivity contribution >= 4 is 55.0 Å². The molecule has 0 radical (unpaired) electrons. The van der Waals surface area contributed by atoms with E-state index in [1.165, 1.54) is 30.5 Å². The van der Waals surface area contributed by atoms with Crippen LogP contribution in [-0.4, -0.2) is 31.9 Å². The lowest BCUT2D eigenvalue weighted by Crippen LogP contribution is -2.29. The number of aromatic amines is 1. The average molecular weight is 503 g/mol. The molecule has 0 saturated carbocycles. The van der Waals surface area contributed by atoms with Crippen LogP contribution in [0.4, 0.5) is 13.9 Å². The number of carbonyl (C=O) groups is 2. The molecular formula is C26H15F2N3O4S. The molecule has 3 heterocycles. The van der Waals surface area contributed by atoms with Gasteiger partial charge in [0.15, 0.2) is 10.9 Å². The number of H-pyrrole nitrogens is 1. The van der Waals surface area contributed by atoms with Crippen molar-refractivity contribution in [3.63, 3.8) is 0 Å². The van der Waals surface area contributed by atoms with E-state index < -0.39 is 35.1 Å². The molecule has 3 N–H and O–H groups in total. The fraction of sp³-hybridized carbons (Fsp3) is 0.0385. The molecule has 5 aromatic rings. The Morgan fingerprint density at radius 2 is 1.81 bits per heavy atom. The molecule has 1 aliphatic rings. The summed E-state index contributed by atoms with van der Waals surface area (Å²) in [6, 6.07) is 13.6. The van der Waals surface area contributed by atoms with Crippen molar-refractivity contribution in [3.05, 3.63) is 95.2 Å². The number of aliphatic hydroxyl groups is 1. The summed E-state index contributed by atoms with van der Waals surface area (Å²) in [5, 5.41) is 21.7. The quantitative estimate of drug-likeness (QED) is 0.174. The second kappa shape index (κ2) is 7.99. The van der Waals surface area contributed by atoms with E-state index in [2.05, 4.69) is 9.97 Å². The number of nitrogens with zero attached hydrogens (tertiary/aromatic N) is 2. The zero-order chi connectivity index (χ0) is 25.1. The maximum Gasteiger partial charge on any atom is 0.301 e. The summed E-state index contributed by atoms with van der Waals surface area (Å²) >= 11 is 0.846. The number of hydrogen-bond acceptors (Lipinski definition) is 6. The van der Waals surface area contributed by atoms with Crippen LogP contribution in [0, 0.1) is 11.6 Å². The van der Waals surface area contributed by atoms with E-state index in [0.717, 1.165) is 27.8 Å². The van der Waals surface area contributed by atoms with Gasteiger partial charge in [-0.15, -0.1) is 0 Å². The first-order chi connectivity index (χ1) is 17.3. The lowest BCUT2D eigenvalue weighted by molar-refractivity contribution is -0.132. The number of phenols is 1. The van der Waals surface area contributed by atoms with Crippen LogP contribution in [-0.2, 0) is 9.59 Å². The normalized spacial score (nSPS) is 17.5. The summed E-state index contributed by atoms with van der Waals surface area (Å²) < 4.78 is 28.3. The van der Waals surface area contributed by atoms with Crippen molar-refractivity contribution in [2.24, 2.45) is 0 Å². The van der Waals surface area contributed by atoms with Crippen LogP contribution in [0.1, 0.15) is 17.2 Å². The van der Waals surface area contributed by atoms with E-state index in [1.807, 2.05) is 6.07 Å². The van der Waals surface area contributed by atoms with Crippen molar-refractivity contribution in [2.45, 2.75) is 6.04 Å². The minimum absolute atomic E-state index is 0.0346. The van der Waals surface area contributed by atoms with E-state index in [4.69, 9.17) is 0 Å². The van der Waals surface area contributed by atoms with Gasteiger partial charge in [0.05, 0.1) is 16.3 Å². The minimum Gasteiger partial charge on any atom is -0.508 e. The number of anilines is 1. The molecule has 7 nitrogen and oxygen atoms in total. The van der Waals surface area contributed by atoms with Crippen LogP contribution >= 0.6 is 11.3 Å². The predicted octanol–water partition coefficient (Wildman–Crippen LogP) is 5.39. The highest BCUT2D eigenvalue weighted by Crippen LogP contribution is 2.45. The van der Waals surface area contributed by atoms with Gasteiger partial charge in [-0.05, 0) is 29.8 Å². The van der Waals surface area contributed by atoms with Gasteiger partial charge in [-0.25, -0.2) is 13.8 Å². The predicted molar refractivity (Wildman–Crippen MR) is 131 cm³/mol. The molecule has 0 aliphatic carbocycles. The van der Waals surface area contributed by atoms with Gasteiger partial charge in [0.25, 0.3) is 5.78 Å². The van der Waals surface area contributed by atoms with E-state index >= 15 is 0 Å². The molecule has 0 spiro atoms. The van der Waals surface area contributed by atoms with Gasteiger partial charge < -0.3 is 15.2 Å². The number of Topliss-reactive ketones (excluding diaryl/α,β-unsaturated/α-hetero) is 1. The number of carbonyl (C=O) groups excluding carboxylic acids is 2. The van der Waals surface area contributed by atoms with Crippen LogP contribution in [0.3, 0.4) is 0 Å². The van der Waals surface area contributed by atoms with Crippen LogP contribution in [0.2, 0.25) is 0 Å². The van der Waals surface area contributed by atoms with E-state index in [9.17, 15) is 28.6 Å². The van der Waals surface area contributed by atoms with Crippen LogP contribution in [0.5, 0.6) is 5.75 Å². The van der Waals surface area contributed by atoms with E-state index in [0.29, 0.717) is 22.6 Å². The summed E-state index contributed by atoms with van der Waals surface area (Å²) in [5.41, 5.74) is 1.11. The number of halogens is 2. The largest absolute Gasteiger partial charge is 0.508 e. The number of hydrogen-bond donors (Lipinski definition) is 3. The molecule has 1 aliphatic heterocycles. The maximum atomic E-state index is 14.4. The first kappa shape index (κ1) is 21.9. The molecule has 3 aromatic carbocycles. The first-order valence-electron chi connectivity index (χ1n) is 10.8. The van der Waals surface area contributed by atoms with Crippen molar-refractivity contribution < 1.29 is 28.6 Å². The van der Waals surface area contributed by atoms with Gasteiger partial charge >= 0.3 is 5.91 Å². The summed E-state index contributed by atoms with van der Waals surface area (Å²) in [6.45, 7) is 0. The Labute approximate surface area is 205 Å². The van der Waals surface area contributed by atoms with E-state index in [1.54, 1.807) is 18.2 Å². The lowest BCUT2D eigenvalue weighted by Gasteiger charge is -2.22. The second-order valence-electron chi connectivity index (χ2n) is 8.24. The molecule has 0 bridgehead atoms. The lowest BCUT2D eigenvalue weighted by atomic mass is 9.95. The summed E-state index contributed by atoms with van der Waals surface area (Å²) in [7, 11) is 0. The molecule has 1 fully saturated rings. The number of fused-ring (bicyclic) bond motifs is 2. The van der Waals surface area contributed by atoms with Gasteiger partial charge in [-0.3, -0.25) is 14.5 Å². The molecule has 1 atom stereocenters. The summed E-state index contributed by atoms with van der Waals surface area (Å²) in [5.74, 6) is -4.07. The van der Waals surface area contributed by atoms with Gasteiger partial charge in [0.1, 0.15) is 22.8 Å². The number of rotatable bonds is 3. The van der Waals surface area contributed by atoms with Gasteiger partial charge in [-0.1, -0.05) is 41.7 Å². The highest BCUT2D eigenvalue weighted by atomic mass is 32.1. The smallest absolute Gasteiger partial charge is 0.301 e.